The van der Waals surface area contributed by atoms with Crippen molar-refractivity contribution in [1.82, 2.24) is 15.5 Å². The average molecular weight is 234 g/mol. The molecular formula is C12H18N4O. The van der Waals surface area contributed by atoms with Crippen molar-refractivity contribution >= 4 is 11.7 Å². The Hall–Kier alpha value is -1.65. The maximum atomic E-state index is 11.3. The molecule has 0 aromatic carbocycles. The van der Waals surface area contributed by atoms with Gasteiger partial charge in [-0.1, -0.05) is 0 Å². The molecule has 0 spiro atoms. The van der Waals surface area contributed by atoms with E-state index < -0.39 is 0 Å². The molecule has 1 aromatic heterocycles. The van der Waals surface area contributed by atoms with Crippen LogP contribution in [0.2, 0.25) is 0 Å². The number of amides is 1. The van der Waals surface area contributed by atoms with Crippen molar-refractivity contribution in [2.45, 2.75) is 32.2 Å². The zero-order valence-corrected chi connectivity index (χ0v) is 10.4. The quantitative estimate of drug-likeness (QED) is 0.827. The van der Waals surface area contributed by atoms with E-state index in [4.69, 9.17) is 0 Å². The third kappa shape index (κ3) is 2.72. The van der Waals surface area contributed by atoms with Gasteiger partial charge in [0.05, 0.1) is 0 Å². The van der Waals surface area contributed by atoms with Gasteiger partial charge in [-0.15, -0.1) is 10.2 Å². The number of carbonyl (C=O) groups is 1. The fourth-order valence-corrected chi connectivity index (χ4v) is 1.89. The van der Waals surface area contributed by atoms with Crippen molar-refractivity contribution in [3.8, 4) is 0 Å². The monoisotopic (exact) mass is 234 g/mol. The lowest BCUT2D eigenvalue weighted by molar-refractivity contribution is 0.0957. The Kier molecular flexibility index (Phi) is 3.00. The normalized spacial score (nSPS) is 15.5. The highest BCUT2D eigenvalue weighted by Crippen LogP contribution is 2.40. The molecule has 0 unspecified atom stereocenters. The molecular weight excluding hydrogens is 216 g/mol. The van der Waals surface area contributed by atoms with Crippen LogP contribution in [0.4, 0.5) is 5.82 Å². The topological polar surface area (TPSA) is 66.9 Å². The highest BCUT2D eigenvalue weighted by Gasteiger charge is 2.37. The average Bonchev–Trinajstić information content (AvgIpc) is 3.12. The maximum Gasteiger partial charge on any atom is 0.271 e. The first-order valence-corrected chi connectivity index (χ1v) is 5.87. The number of carbonyl (C=O) groups excluding carboxylic acids is 1. The smallest absolute Gasteiger partial charge is 0.271 e. The van der Waals surface area contributed by atoms with Crippen molar-refractivity contribution in [2.24, 2.45) is 5.92 Å². The molecule has 1 heterocycles. The number of hydrogen-bond donors (Lipinski definition) is 2. The second kappa shape index (κ2) is 4.31. The minimum Gasteiger partial charge on any atom is -0.363 e. The van der Waals surface area contributed by atoms with Gasteiger partial charge in [-0.25, -0.2) is 0 Å². The number of rotatable bonds is 4. The molecule has 2 rings (SSSR count). The van der Waals surface area contributed by atoms with Gasteiger partial charge in [0.25, 0.3) is 5.91 Å². The lowest BCUT2D eigenvalue weighted by Gasteiger charge is -2.26. The van der Waals surface area contributed by atoms with Gasteiger partial charge < -0.3 is 10.6 Å². The maximum absolute atomic E-state index is 11.3. The van der Waals surface area contributed by atoms with Gasteiger partial charge in [0.1, 0.15) is 5.82 Å². The van der Waals surface area contributed by atoms with E-state index in [9.17, 15) is 4.79 Å². The summed E-state index contributed by atoms with van der Waals surface area (Å²) in [6, 6.07) is 3.47. The fraction of sp³-hybridized carbons (Fsp3) is 0.583. The number of aromatic nitrogens is 2. The number of anilines is 1. The first kappa shape index (κ1) is 11.8. The molecule has 5 heteroatoms. The molecule has 92 valence electrons. The van der Waals surface area contributed by atoms with Gasteiger partial charge in [-0.3, -0.25) is 4.79 Å². The molecule has 0 atom stereocenters. The summed E-state index contributed by atoms with van der Waals surface area (Å²) in [4.78, 5) is 11.3. The van der Waals surface area contributed by atoms with Gasteiger partial charge in [0.2, 0.25) is 0 Å². The van der Waals surface area contributed by atoms with Crippen LogP contribution in [-0.2, 0) is 0 Å². The Morgan fingerprint density at radius 1 is 1.35 bits per heavy atom. The molecule has 1 fully saturated rings. The number of hydrogen-bond acceptors (Lipinski definition) is 4. The molecule has 0 bridgehead atoms. The third-order valence-corrected chi connectivity index (χ3v) is 3.17. The second-order valence-electron chi connectivity index (χ2n) is 5.00. The molecule has 0 saturated heterocycles. The summed E-state index contributed by atoms with van der Waals surface area (Å²) in [5.74, 6) is 1.21. The van der Waals surface area contributed by atoms with Crippen molar-refractivity contribution in [2.75, 3.05) is 12.4 Å². The third-order valence-electron chi connectivity index (χ3n) is 3.17. The van der Waals surface area contributed by atoms with Crippen molar-refractivity contribution in [3.05, 3.63) is 17.8 Å². The molecule has 5 nitrogen and oxygen atoms in total. The van der Waals surface area contributed by atoms with Gasteiger partial charge in [-0.2, -0.15) is 0 Å². The standard InChI is InChI=1S/C12H18N4O/c1-12(2,8-4-5-8)14-10-7-6-9(15-16-10)11(17)13-3/h6-8H,4-5H2,1-3H3,(H,13,17)(H,14,16). The predicted octanol–water partition coefficient (Wildman–Crippen LogP) is 1.44. The molecule has 2 N–H and O–H groups in total. The molecule has 0 radical (unpaired) electrons. The second-order valence-corrected chi connectivity index (χ2v) is 5.00. The summed E-state index contributed by atoms with van der Waals surface area (Å²) in [6.45, 7) is 4.33. The predicted molar refractivity (Wildman–Crippen MR) is 65.8 cm³/mol. The first-order chi connectivity index (χ1) is 8.03. The van der Waals surface area contributed by atoms with E-state index in [0.29, 0.717) is 11.6 Å². The van der Waals surface area contributed by atoms with Crippen LogP contribution in [0, 0.1) is 5.92 Å². The van der Waals surface area contributed by atoms with Crippen LogP contribution in [0.5, 0.6) is 0 Å². The zero-order chi connectivity index (χ0) is 12.5. The van der Waals surface area contributed by atoms with Crippen molar-refractivity contribution < 1.29 is 4.79 Å². The molecule has 1 aliphatic carbocycles. The number of nitrogens with zero attached hydrogens (tertiary/aromatic N) is 2. The largest absolute Gasteiger partial charge is 0.363 e. The Bertz CT molecular complexity index is 409. The van der Waals surface area contributed by atoms with Crippen LogP contribution in [0.1, 0.15) is 37.2 Å². The Labute approximate surface area is 101 Å². The molecule has 1 aromatic rings. The van der Waals surface area contributed by atoms with Gasteiger partial charge in [-0.05, 0) is 44.7 Å². The summed E-state index contributed by atoms with van der Waals surface area (Å²) < 4.78 is 0. The minimum absolute atomic E-state index is 0.0449. The van der Waals surface area contributed by atoms with Crippen LogP contribution in [-0.4, -0.2) is 28.7 Å². The van der Waals surface area contributed by atoms with Crippen LogP contribution < -0.4 is 10.6 Å². The minimum atomic E-state index is -0.217. The van der Waals surface area contributed by atoms with E-state index in [1.165, 1.54) is 12.8 Å². The lowest BCUT2D eigenvalue weighted by atomic mass is 9.99. The first-order valence-electron chi connectivity index (χ1n) is 5.87. The van der Waals surface area contributed by atoms with E-state index in [2.05, 4.69) is 34.7 Å². The Morgan fingerprint density at radius 3 is 2.53 bits per heavy atom. The molecule has 17 heavy (non-hydrogen) atoms. The van der Waals surface area contributed by atoms with Crippen LogP contribution >= 0.6 is 0 Å². The highest BCUT2D eigenvalue weighted by atomic mass is 16.1. The molecule has 1 amide bonds. The van der Waals surface area contributed by atoms with Crippen molar-refractivity contribution in [3.63, 3.8) is 0 Å². The van der Waals surface area contributed by atoms with Crippen LogP contribution in [0.15, 0.2) is 12.1 Å². The molecule has 1 saturated carbocycles. The summed E-state index contributed by atoms with van der Waals surface area (Å²) in [5, 5.41) is 13.8. The zero-order valence-electron chi connectivity index (χ0n) is 10.4. The van der Waals surface area contributed by atoms with Gasteiger partial charge in [0, 0.05) is 12.6 Å². The van der Waals surface area contributed by atoms with E-state index in [1.54, 1.807) is 19.2 Å². The number of nitrogens with one attached hydrogen (secondary N) is 2. The Morgan fingerprint density at radius 2 is 2.06 bits per heavy atom. The Balaban J connectivity index is 2.05. The lowest BCUT2D eigenvalue weighted by Crippen LogP contribution is -2.33. The van der Waals surface area contributed by atoms with E-state index >= 15 is 0 Å². The van der Waals surface area contributed by atoms with E-state index in [-0.39, 0.29) is 11.4 Å². The van der Waals surface area contributed by atoms with Crippen LogP contribution in [0.25, 0.3) is 0 Å². The summed E-state index contributed by atoms with van der Waals surface area (Å²) >= 11 is 0. The molecule has 1 aliphatic rings. The van der Waals surface area contributed by atoms with E-state index in [1.807, 2.05) is 0 Å². The van der Waals surface area contributed by atoms with Crippen molar-refractivity contribution in [1.29, 1.82) is 0 Å². The summed E-state index contributed by atoms with van der Waals surface area (Å²) in [6.07, 6.45) is 2.54. The summed E-state index contributed by atoms with van der Waals surface area (Å²) in [7, 11) is 1.58. The fourth-order valence-electron chi connectivity index (χ4n) is 1.89. The summed E-state index contributed by atoms with van der Waals surface area (Å²) in [5.41, 5.74) is 0.380. The molecule has 0 aliphatic heterocycles. The van der Waals surface area contributed by atoms with Crippen LogP contribution in [0.3, 0.4) is 0 Å². The highest BCUT2D eigenvalue weighted by molar-refractivity contribution is 5.91. The van der Waals surface area contributed by atoms with Gasteiger partial charge >= 0.3 is 0 Å². The SMILES string of the molecule is CNC(=O)c1ccc(NC(C)(C)C2CC2)nn1. The van der Waals surface area contributed by atoms with E-state index in [0.717, 1.165) is 5.82 Å². The van der Waals surface area contributed by atoms with Gasteiger partial charge in [0.15, 0.2) is 5.69 Å².